The van der Waals surface area contributed by atoms with Crippen LogP contribution in [0.1, 0.15) is 35.8 Å². The van der Waals surface area contributed by atoms with Crippen molar-refractivity contribution in [3.8, 4) is 5.75 Å². The van der Waals surface area contributed by atoms with E-state index in [-0.39, 0.29) is 28.6 Å². The number of nitrogens with one attached hydrogen (secondary N) is 1. The second-order valence-electron chi connectivity index (χ2n) is 7.89. The molecule has 8 nitrogen and oxygen atoms in total. The molecule has 1 aliphatic rings. The van der Waals surface area contributed by atoms with Gasteiger partial charge in [-0.2, -0.15) is 4.39 Å². The minimum absolute atomic E-state index is 0.0105. The molecule has 2 heterocycles. The van der Waals surface area contributed by atoms with Crippen LogP contribution in [0.5, 0.6) is 5.75 Å². The number of hydrogen-bond donors (Lipinski definition) is 1. The van der Waals surface area contributed by atoms with Crippen LogP contribution in [0.25, 0.3) is 0 Å². The fraction of sp³-hybridized carbons (Fsp3) is 0.435. The number of esters is 1. The summed E-state index contributed by atoms with van der Waals surface area (Å²) < 4.78 is 49.9. The largest absolute Gasteiger partial charge is 0.493 e. The number of benzene rings is 1. The monoisotopic (exact) mass is 464 g/mol. The predicted octanol–water partition coefficient (Wildman–Crippen LogP) is 3.32. The molecule has 33 heavy (non-hydrogen) atoms. The highest BCUT2D eigenvalue weighted by Gasteiger charge is 2.51. The highest BCUT2D eigenvalue weighted by molar-refractivity contribution is 5.96. The van der Waals surface area contributed by atoms with E-state index in [0.29, 0.717) is 0 Å². The summed E-state index contributed by atoms with van der Waals surface area (Å²) in [7, 11) is 3.91. The molecule has 4 atom stereocenters. The van der Waals surface area contributed by atoms with Crippen LogP contribution >= 0.6 is 0 Å². The molecule has 1 fully saturated rings. The van der Waals surface area contributed by atoms with E-state index in [1.807, 2.05) is 13.8 Å². The summed E-state index contributed by atoms with van der Waals surface area (Å²) in [5.74, 6) is -4.60. The topological polar surface area (TPSA) is 96.0 Å². The third-order valence-electron chi connectivity index (χ3n) is 5.56. The van der Waals surface area contributed by atoms with Crippen LogP contribution < -0.4 is 10.1 Å². The lowest BCUT2D eigenvalue weighted by Gasteiger charge is -2.26. The number of aromatic nitrogens is 1. The summed E-state index contributed by atoms with van der Waals surface area (Å²) in [6, 6.07) is 5.20. The summed E-state index contributed by atoms with van der Waals surface area (Å²) in [5.41, 5.74) is 0.546. The Labute approximate surface area is 190 Å². The molecule has 0 spiro atoms. The van der Waals surface area contributed by atoms with E-state index in [0.717, 1.165) is 6.07 Å². The van der Waals surface area contributed by atoms with Crippen molar-refractivity contribution < 1.29 is 37.3 Å². The summed E-state index contributed by atoms with van der Waals surface area (Å²) in [5, 5.41) is 2.69. The number of carbonyl (C=O) groups excluding carboxylic acids is 2. The van der Waals surface area contributed by atoms with Gasteiger partial charge >= 0.3 is 5.97 Å². The first-order valence-electron chi connectivity index (χ1n) is 10.3. The Bertz CT molecular complexity index is 1030. The third-order valence-corrected chi connectivity index (χ3v) is 5.56. The summed E-state index contributed by atoms with van der Waals surface area (Å²) in [6.45, 7) is 3.81. The maximum atomic E-state index is 14.5. The van der Waals surface area contributed by atoms with Crippen molar-refractivity contribution in [2.24, 2.45) is 5.92 Å². The quantitative estimate of drug-likeness (QED) is 0.628. The molecule has 1 aromatic carbocycles. The zero-order chi connectivity index (χ0) is 24.3. The highest BCUT2D eigenvalue weighted by Crippen LogP contribution is 2.44. The predicted molar refractivity (Wildman–Crippen MR) is 114 cm³/mol. The van der Waals surface area contributed by atoms with Crippen molar-refractivity contribution >= 4 is 17.6 Å². The maximum Gasteiger partial charge on any atom is 0.356 e. The van der Waals surface area contributed by atoms with Gasteiger partial charge in [-0.25, -0.2) is 14.2 Å². The molecule has 0 saturated carbocycles. The molecule has 178 valence electrons. The molecule has 1 aliphatic heterocycles. The molecular weight excluding hydrogens is 438 g/mol. The van der Waals surface area contributed by atoms with E-state index in [4.69, 9.17) is 14.2 Å². The first kappa shape index (κ1) is 24.5. The van der Waals surface area contributed by atoms with Gasteiger partial charge in [0.15, 0.2) is 11.6 Å². The first-order valence-corrected chi connectivity index (χ1v) is 10.3. The molecule has 1 amide bonds. The molecule has 2 aromatic rings. The lowest BCUT2D eigenvalue weighted by atomic mass is 9.85. The number of pyridine rings is 1. The van der Waals surface area contributed by atoms with Crippen LogP contribution in [-0.2, 0) is 19.0 Å². The molecular formula is C23H26F2N2O6. The van der Waals surface area contributed by atoms with Crippen LogP contribution in [0.15, 0.2) is 30.5 Å². The lowest BCUT2D eigenvalue weighted by molar-refractivity contribution is -0.128. The number of rotatable bonds is 7. The second kappa shape index (κ2) is 10.2. The fourth-order valence-electron chi connectivity index (χ4n) is 4.04. The Morgan fingerprint density at radius 3 is 2.48 bits per heavy atom. The highest BCUT2D eigenvalue weighted by atomic mass is 19.2. The number of carbonyl (C=O) groups is 2. The summed E-state index contributed by atoms with van der Waals surface area (Å²) in [4.78, 5) is 29.0. The van der Waals surface area contributed by atoms with E-state index in [9.17, 15) is 18.4 Å². The molecule has 0 unspecified atom stereocenters. The van der Waals surface area contributed by atoms with Crippen LogP contribution in [0, 0.1) is 17.6 Å². The van der Waals surface area contributed by atoms with Crippen LogP contribution in [-0.4, -0.2) is 56.5 Å². The van der Waals surface area contributed by atoms with Crippen LogP contribution in [0.3, 0.4) is 0 Å². The van der Waals surface area contributed by atoms with Gasteiger partial charge < -0.3 is 24.3 Å². The standard InChI is InChI=1S/C23H26F2N2O6/c1-11(2)18-20(31-4)16(13-6-7-14(24)17(25)19(13)30-3)21(33-18)22(28)27-12-8-9-26-15(10-12)23(29)32-5/h6-11,16,18,20-21H,1-5H3,(H,26,27,28)/t16-,18+,20+,21-/m1/s1. The van der Waals surface area contributed by atoms with E-state index < -0.39 is 47.7 Å². The fourth-order valence-corrected chi connectivity index (χ4v) is 4.04. The van der Waals surface area contributed by atoms with Gasteiger partial charge in [-0.05, 0) is 24.1 Å². The van der Waals surface area contributed by atoms with Crippen LogP contribution in [0.2, 0.25) is 0 Å². The van der Waals surface area contributed by atoms with Gasteiger partial charge in [0.05, 0.1) is 32.3 Å². The molecule has 0 radical (unpaired) electrons. The van der Waals surface area contributed by atoms with E-state index in [1.165, 1.54) is 45.7 Å². The Hall–Kier alpha value is -3.11. The van der Waals surface area contributed by atoms with Gasteiger partial charge in [0.25, 0.3) is 5.91 Å². The van der Waals surface area contributed by atoms with E-state index >= 15 is 0 Å². The number of amides is 1. The second-order valence-corrected chi connectivity index (χ2v) is 7.89. The van der Waals surface area contributed by atoms with Gasteiger partial charge in [0.2, 0.25) is 5.82 Å². The number of hydrogen-bond acceptors (Lipinski definition) is 7. The van der Waals surface area contributed by atoms with Gasteiger partial charge in [-0.15, -0.1) is 0 Å². The van der Waals surface area contributed by atoms with E-state index in [1.54, 1.807) is 0 Å². The number of anilines is 1. The van der Waals surface area contributed by atoms with Gasteiger partial charge in [-0.3, -0.25) is 4.79 Å². The average Bonchev–Trinajstić information content (AvgIpc) is 3.20. The van der Waals surface area contributed by atoms with Gasteiger partial charge in [0.1, 0.15) is 11.8 Å². The zero-order valence-electron chi connectivity index (χ0n) is 18.9. The van der Waals surface area contributed by atoms with E-state index in [2.05, 4.69) is 15.0 Å². The third kappa shape index (κ3) is 4.81. The van der Waals surface area contributed by atoms with Crippen molar-refractivity contribution in [2.45, 2.75) is 38.1 Å². The maximum absolute atomic E-state index is 14.5. The lowest BCUT2D eigenvalue weighted by Crippen LogP contribution is -2.35. The Morgan fingerprint density at radius 2 is 1.88 bits per heavy atom. The molecule has 1 N–H and O–H groups in total. The summed E-state index contributed by atoms with van der Waals surface area (Å²) >= 11 is 0. The normalized spacial score (nSPS) is 22.3. The van der Waals surface area contributed by atoms with Gasteiger partial charge in [0, 0.05) is 24.6 Å². The molecule has 3 rings (SSSR count). The van der Waals surface area contributed by atoms with Crippen molar-refractivity contribution in [1.82, 2.24) is 4.98 Å². The first-order chi connectivity index (χ1) is 15.7. The van der Waals surface area contributed by atoms with Crippen molar-refractivity contribution in [3.63, 3.8) is 0 Å². The SMILES string of the molecule is COC(=O)c1cc(NC(=O)[C@@H]2O[C@@H](C(C)C)[C@@H](OC)[C@H]2c2ccc(F)c(F)c2OC)ccn1. The average molecular weight is 464 g/mol. The van der Waals surface area contributed by atoms with Crippen molar-refractivity contribution in [2.75, 3.05) is 26.6 Å². The Balaban J connectivity index is 2.01. The smallest absolute Gasteiger partial charge is 0.356 e. The molecule has 0 aliphatic carbocycles. The Kier molecular flexibility index (Phi) is 7.60. The molecule has 0 bridgehead atoms. The number of halogens is 2. The number of ether oxygens (including phenoxy) is 4. The zero-order valence-corrected chi connectivity index (χ0v) is 18.9. The number of methoxy groups -OCH3 is 3. The minimum Gasteiger partial charge on any atom is -0.493 e. The Morgan fingerprint density at radius 1 is 1.15 bits per heavy atom. The van der Waals surface area contributed by atoms with Crippen LogP contribution in [0.4, 0.5) is 14.5 Å². The van der Waals surface area contributed by atoms with Crippen molar-refractivity contribution in [1.29, 1.82) is 0 Å². The molecule has 1 saturated heterocycles. The van der Waals surface area contributed by atoms with Crippen molar-refractivity contribution in [3.05, 3.63) is 53.4 Å². The summed E-state index contributed by atoms with van der Waals surface area (Å²) in [6.07, 6.45) is -0.905. The minimum atomic E-state index is -1.16. The molecule has 10 heteroatoms. The number of nitrogens with zero attached hydrogens (tertiary/aromatic N) is 1. The molecule has 1 aromatic heterocycles. The van der Waals surface area contributed by atoms with Gasteiger partial charge in [-0.1, -0.05) is 19.9 Å².